The second-order valence-corrected chi connectivity index (χ2v) is 7.65. The van der Waals surface area contributed by atoms with Crippen molar-refractivity contribution < 1.29 is 14.7 Å². The summed E-state index contributed by atoms with van der Waals surface area (Å²) in [5, 5.41) is 10.6. The minimum absolute atomic E-state index is 0.172. The van der Waals surface area contributed by atoms with Crippen LogP contribution in [0.3, 0.4) is 0 Å². The van der Waals surface area contributed by atoms with Gasteiger partial charge in [0, 0.05) is 17.8 Å². The zero-order valence-electron chi connectivity index (χ0n) is 14.6. The van der Waals surface area contributed by atoms with Gasteiger partial charge in [0.05, 0.1) is 16.9 Å². The first-order chi connectivity index (χ1) is 12.9. The van der Waals surface area contributed by atoms with Crippen molar-refractivity contribution in [1.82, 2.24) is 0 Å². The van der Waals surface area contributed by atoms with E-state index in [4.69, 9.17) is 11.6 Å². The number of fused-ring (bicyclic) bond motifs is 2. The van der Waals surface area contributed by atoms with E-state index in [1.807, 2.05) is 48.3 Å². The first-order valence-electron chi connectivity index (χ1n) is 8.19. The third kappa shape index (κ3) is 2.69. The maximum Gasteiger partial charge on any atom is 0.346 e. The minimum Gasteiger partial charge on any atom is -0.477 e. The van der Waals surface area contributed by atoms with E-state index >= 15 is 0 Å². The van der Waals surface area contributed by atoms with Crippen LogP contribution >= 0.6 is 22.9 Å². The number of hydrogen-bond acceptors (Lipinski definition) is 4. The summed E-state index contributed by atoms with van der Waals surface area (Å²) in [6.07, 6.45) is 0. The highest BCUT2D eigenvalue weighted by Crippen LogP contribution is 2.48. The fourth-order valence-corrected chi connectivity index (χ4v) is 4.59. The number of amides is 1. The zero-order valence-corrected chi connectivity index (χ0v) is 16.1. The molecule has 136 valence electrons. The Labute approximate surface area is 165 Å². The van der Waals surface area contributed by atoms with Gasteiger partial charge in [-0.3, -0.25) is 9.69 Å². The molecule has 1 amide bonds. The molecule has 0 bridgehead atoms. The molecule has 2 heterocycles. The second kappa shape index (κ2) is 6.40. The molecule has 0 radical (unpaired) electrons. The highest BCUT2D eigenvalue weighted by molar-refractivity contribution is 7.18. The van der Waals surface area contributed by atoms with E-state index < -0.39 is 5.97 Å². The lowest BCUT2D eigenvalue weighted by Gasteiger charge is -2.25. The summed E-state index contributed by atoms with van der Waals surface area (Å²) in [4.78, 5) is 28.8. The van der Waals surface area contributed by atoms with E-state index in [1.165, 1.54) is 0 Å². The Morgan fingerprint density at radius 3 is 2.48 bits per heavy atom. The van der Waals surface area contributed by atoms with Crippen molar-refractivity contribution >= 4 is 56.9 Å². The number of para-hydroxylation sites is 1. The fraction of sp³-hybridized carbons (Fsp3) is 0.100. The second-order valence-electron chi connectivity index (χ2n) is 6.21. The molecule has 0 atom stereocenters. The molecular formula is C20H15ClN2O3S. The van der Waals surface area contributed by atoms with E-state index in [2.05, 4.69) is 0 Å². The molecule has 27 heavy (non-hydrogen) atoms. The summed E-state index contributed by atoms with van der Waals surface area (Å²) >= 11 is 7.34. The number of hydrogen-bond donors (Lipinski definition) is 1. The summed E-state index contributed by atoms with van der Waals surface area (Å²) in [6, 6.07) is 14.6. The van der Waals surface area contributed by atoms with Gasteiger partial charge in [0.25, 0.3) is 5.91 Å². The first kappa shape index (κ1) is 17.6. The molecule has 0 saturated heterocycles. The molecular weight excluding hydrogens is 384 g/mol. The third-order valence-corrected chi connectivity index (χ3v) is 6.19. The van der Waals surface area contributed by atoms with Crippen LogP contribution in [0.4, 0.5) is 22.1 Å². The lowest BCUT2D eigenvalue weighted by atomic mass is 10.1. The number of carboxylic acid groups (broad SMARTS) is 1. The van der Waals surface area contributed by atoms with Crippen molar-refractivity contribution in [2.75, 3.05) is 16.8 Å². The fourth-order valence-electron chi connectivity index (χ4n) is 3.31. The molecule has 0 aliphatic carbocycles. The molecule has 1 aliphatic rings. The Balaban J connectivity index is 2.06. The van der Waals surface area contributed by atoms with Crippen molar-refractivity contribution in [3.63, 3.8) is 0 Å². The number of halogens is 1. The largest absolute Gasteiger partial charge is 0.477 e. The average molecular weight is 399 g/mol. The first-order valence-corrected chi connectivity index (χ1v) is 9.39. The molecule has 1 aliphatic heterocycles. The van der Waals surface area contributed by atoms with Crippen molar-refractivity contribution in [2.45, 2.75) is 6.92 Å². The van der Waals surface area contributed by atoms with Crippen LogP contribution in [0.5, 0.6) is 0 Å². The van der Waals surface area contributed by atoms with E-state index in [-0.39, 0.29) is 10.8 Å². The van der Waals surface area contributed by atoms with Gasteiger partial charge in [-0.15, -0.1) is 11.3 Å². The molecule has 4 rings (SSSR count). The van der Waals surface area contributed by atoms with E-state index in [1.54, 1.807) is 24.0 Å². The van der Waals surface area contributed by atoms with Gasteiger partial charge in [0.2, 0.25) is 0 Å². The van der Waals surface area contributed by atoms with E-state index in [0.29, 0.717) is 32.5 Å². The number of benzene rings is 2. The smallest absolute Gasteiger partial charge is 0.346 e. The molecule has 0 spiro atoms. The van der Waals surface area contributed by atoms with Crippen LogP contribution in [-0.2, 0) is 0 Å². The molecule has 7 heteroatoms. The minimum atomic E-state index is -1.03. The molecule has 1 aromatic heterocycles. The topological polar surface area (TPSA) is 60.9 Å². The van der Waals surface area contributed by atoms with Crippen LogP contribution in [0.25, 0.3) is 0 Å². The highest BCUT2D eigenvalue weighted by Gasteiger charge is 2.35. The van der Waals surface area contributed by atoms with Gasteiger partial charge in [-0.25, -0.2) is 4.79 Å². The number of carboxylic acids is 1. The van der Waals surface area contributed by atoms with Crippen LogP contribution in [0.15, 0.2) is 48.5 Å². The maximum atomic E-state index is 13.6. The van der Waals surface area contributed by atoms with Gasteiger partial charge in [-0.2, -0.15) is 0 Å². The molecule has 0 unspecified atom stereocenters. The molecule has 5 nitrogen and oxygen atoms in total. The van der Waals surface area contributed by atoms with Gasteiger partial charge in [-0.1, -0.05) is 29.8 Å². The highest BCUT2D eigenvalue weighted by atomic mass is 35.5. The quantitative estimate of drug-likeness (QED) is 0.622. The van der Waals surface area contributed by atoms with Crippen molar-refractivity contribution in [3.8, 4) is 0 Å². The number of thiophene rings is 1. The van der Waals surface area contributed by atoms with Crippen LogP contribution in [0, 0.1) is 6.92 Å². The standard InChI is InChI=1S/C20H15ClN2O3S/c1-11-16-18(24)23(13-6-4-3-5-7-13)15-10-12(21)8-9-14(15)22(2)19(16)27-17(11)20(25)26/h3-10H,1-2H3,(H,25,26). The Morgan fingerprint density at radius 2 is 1.81 bits per heavy atom. The number of carbonyl (C=O) groups is 2. The summed E-state index contributed by atoms with van der Waals surface area (Å²) in [7, 11) is 1.83. The van der Waals surface area contributed by atoms with Gasteiger partial charge >= 0.3 is 5.97 Å². The Bertz CT molecular complexity index is 1080. The summed E-state index contributed by atoms with van der Waals surface area (Å²) in [5.74, 6) is -1.31. The molecule has 2 aromatic carbocycles. The Kier molecular flexibility index (Phi) is 4.17. The Hall–Kier alpha value is -2.83. The normalized spacial score (nSPS) is 13.2. The van der Waals surface area contributed by atoms with E-state index in [0.717, 1.165) is 17.0 Å². The van der Waals surface area contributed by atoms with Gasteiger partial charge in [0.15, 0.2) is 0 Å². The van der Waals surface area contributed by atoms with Crippen LogP contribution in [0.1, 0.15) is 25.6 Å². The lowest BCUT2D eigenvalue weighted by molar-refractivity contribution is 0.0701. The number of anilines is 4. The third-order valence-electron chi connectivity index (χ3n) is 4.60. The number of carbonyl (C=O) groups excluding carboxylic acids is 1. The van der Waals surface area contributed by atoms with Crippen LogP contribution < -0.4 is 9.80 Å². The van der Waals surface area contributed by atoms with Crippen LogP contribution in [-0.4, -0.2) is 24.0 Å². The van der Waals surface area contributed by atoms with Crippen LogP contribution in [0.2, 0.25) is 5.02 Å². The maximum absolute atomic E-state index is 13.6. The lowest BCUT2D eigenvalue weighted by Crippen LogP contribution is -2.25. The van der Waals surface area contributed by atoms with Gasteiger partial charge in [0.1, 0.15) is 9.88 Å². The molecule has 3 aromatic rings. The number of nitrogens with zero attached hydrogens (tertiary/aromatic N) is 2. The summed E-state index contributed by atoms with van der Waals surface area (Å²) in [6.45, 7) is 1.68. The number of aromatic carboxylic acids is 1. The molecule has 1 N–H and O–H groups in total. The van der Waals surface area contributed by atoms with E-state index in [9.17, 15) is 14.7 Å². The monoisotopic (exact) mass is 398 g/mol. The summed E-state index contributed by atoms with van der Waals surface area (Å²) < 4.78 is 0. The number of rotatable bonds is 2. The van der Waals surface area contributed by atoms with Crippen molar-refractivity contribution in [3.05, 3.63) is 69.6 Å². The van der Waals surface area contributed by atoms with Gasteiger partial charge < -0.3 is 10.0 Å². The van der Waals surface area contributed by atoms with Gasteiger partial charge in [-0.05, 0) is 42.8 Å². The summed E-state index contributed by atoms with van der Waals surface area (Å²) in [5.41, 5.74) is 2.99. The van der Waals surface area contributed by atoms with Crippen molar-refractivity contribution in [2.24, 2.45) is 0 Å². The SMILES string of the molecule is Cc1c(C(=O)O)sc2c1C(=O)N(c1ccccc1)c1cc(Cl)ccc1N2C. The zero-order chi connectivity index (χ0) is 19.3. The van der Waals surface area contributed by atoms with Crippen molar-refractivity contribution in [1.29, 1.82) is 0 Å². The molecule has 0 saturated carbocycles. The predicted molar refractivity (Wildman–Crippen MR) is 108 cm³/mol. The molecule has 0 fully saturated rings. The predicted octanol–water partition coefficient (Wildman–Crippen LogP) is 5.47. The Morgan fingerprint density at radius 1 is 1.11 bits per heavy atom. The average Bonchev–Trinajstić information content (AvgIpc) is 2.96.